The van der Waals surface area contributed by atoms with E-state index >= 15 is 0 Å². The molecule has 1 fully saturated rings. The summed E-state index contributed by atoms with van der Waals surface area (Å²) < 4.78 is 0. The van der Waals surface area contributed by atoms with Crippen molar-refractivity contribution in [3.8, 4) is 10.6 Å². The first-order valence-electron chi connectivity index (χ1n) is 8.85. The van der Waals surface area contributed by atoms with Crippen molar-refractivity contribution in [2.45, 2.75) is 13.5 Å². The third-order valence-electron chi connectivity index (χ3n) is 4.91. The zero-order valence-corrected chi connectivity index (χ0v) is 15.3. The van der Waals surface area contributed by atoms with Gasteiger partial charge < -0.3 is 14.9 Å². The molecule has 0 bridgehead atoms. The van der Waals surface area contributed by atoms with E-state index in [4.69, 9.17) is 4.98 Å². The van der Waals surface area contributed by atoms with Crippen LogP contribution in [0.15, 0.2) is 42.5 Å². The van der Waals surface area contributed by atoms with Crippen LogP contribution in [0.4, 0.5) is 5.82 Å². The molecule has 0 radical (unpaired) electrons. The number of rotatable bonds is 4. The van der Waals surface area contributed by atoms with E-state index in [1.54, 1.807) is 11.3 Å². The molecule has 4 nitrogen and oxygen atoms in total. The maximum absolute atomic E-state index is 9.35. The van der Waals surface area contributed by atoms with E-state index in [1.165, 1.54) is 10.8 Å². The van der Waals surface area contributed by atoms with Gasteiger partial charge in [-0.2, -0.15) is 0 Å². The quantitative estimate of drug-likeness (QED) is 0.778. The molecule has 130 valence electrons. The Morgan fingerprint density at radius 1 is 1.08 bits per heavy atom. The number of piperazine rings is 1. The molecule has 25 heavy (non-hydrogen) atoms. The lowest BCUT2D eigenvalue weighted by Crippen LogP contribution is -2.46. The fourth-order valence-electron chi connectivity index (χ4n) is 3.42. The molecule has 0 unspecified atom stereocenters. The van der Waals surface area contributed by atoms with Crippen molar-refractivity contribution in [1.29, 1.82) is 0 Å². The van der Waals surface area contributed by atoms with Crippen LogP contribution in [-0.4, -0.2) is 47.7 Å². The van der Waals surface area contributed by atoms with Gasteiger partial charge in [0, 0.05) is 36.4 Å². The van der Waals surface area contributed by atoms with Crippen molar-refractivity contribution in [3.05, 3.63) is 47.3 Å². The SMILES string of the molecule is CCN1CCN(c2nc(-c3ccc(CO)s3)cc3ccccc23)CC1. The summed E-state index contributed by atoms with van der Waals surface area (Å²) in [6.07, 6.45) is 0. The first kappa shape index (κ1) is 16.5. The molecule has 5 heteroatoms. The van der Waals surface area contributed by atoms with Crippen molar-refractivity contribution in [2.24, 2.45) is 0 Å². The Morgan fingerprint density at radius 2 is 1.88 bits per heavy atom. The molecule has 0 atom stereocenters. The molecule has 1 aliphatic rings. The standard InChI is InChI=1S/C20H23N3OS/c1-2-22-9-11-23(12-10-22)20-17-6-4-3-5-15(17)13-18(21-20)19-8-7-16(14-24)25-19/h3-8,13,24H,2,9-12,14H2,1H3. The van der Waals surface area contributed by atoms with Crippen LogP contribution < -0.4 is 4.90 Å². The Morgan fingerprint density at radius 3 is 2.60 bits per heavy atom. The second-order valence-corrected chi connectivity index (χ2v) is 7.57. The number of nitrogens with zero attached hydrogens (tertiary/aromatic N) is 3. The third kappa shape index (κ3) is 3.27. The minimum absolute atomic E-state index is 0.0874. The van der Waals surface area contributed by atoms with Crippen molar-refractivity contribution in [2.75, 3.05) is 37.6 Å². The molecular weight excluding hydrogens is 330 g/mol. The van der Waals surface area contributed by atoms with Gasteiger partial charge in [-0.3, -0.25) is 0 Å². The highest BCUT2D eigenvalue weighted by atomic mass is 32.1. The molecule has 0 spiro atoms. The van der Waals surface area contributed by atoms with Crippen LogP contribution in [0.25, 0.3) is 21.3 Å². The number of anilines is 1. The molecular formula is C20H23N3OS. The average molecular weight is 353 g/mol. The van der Waals surface area contributed by atoms with Crippen LogP contribution in [0.5, 0.6) is 0 Å². The van der Waals surface area contributed by atoms with Gasteiger partial charge >= 0.3 is 0 Å². The van der Waals surface area contributed by atoms with E-state index in [1.807, 2.05) is 6.07 Å². The maximum Gasteiger partial charge on any atom is 0.137 e. The summed E-state index contributed by atoms with van der Waals surface area (Å²) in [6, 6.07) is 14.7. The van der Waals surface area contributed by atoms with Gasteiger partial charge in [-0.1, -0.05) is 31.2 Å². The van der Waals surface area contributed by atoms with Crippen LogP contribution in [0.2, 0.25) is 0 Å². The molecule has 0 saturated carbocycles. The van der Waals surface area contributed by atoms with Gasteiger partial charge in [0.05, 0.1) is 17.2 Å². The molecule has 0 amide bonds. The number of fused-ring (bicyclic) bond motifs is 1. The second kappa shape index (κ2) is 7.12. The summed E-state index contributed by atoms with van der Waals surface area (Å²) in [5.74, 6) is 1.09. The third-order valence-corrected chi connectivity index (χ3v) is 6.00. The van der Waals surface area contributed by atoms with Crippen molar-refractivity contribution in [1.82, 2.24) is 9.88 Å². The first-order valence-corrected chi connectivity index (χ1v) is 9.67. The van der Waals surface area contributed by atoms with Crippen LogP contribution in [0, 0.1) is 0 Å². The Hall–Kier alpha value is -1.95. The summed E-state index contributed by atoms with van der Waals surface area (Å²) in [5.41, 5.74) is 0.997. The smallest absolute Gasteiger partial charge is 0.137 e. The number of benzene rings is 1. The van der Waals surface area contributed by atoms with Gasteiger partial charge in [0.15, 0.2) is 0 Å². The fourth-order valence-corrected chi connectivity index (χ4v) is 4.25. The van der Waals surface area contributed by atoms with Crippen molar-refractivity contribution >= 4 is 27.9 Å². The van der Waals surface area contributed by atoms with Gasteiger partial charge in [0.2, 0.25) is 0 Å². The summed E-state index contributed by atoms with van der Waals surface area (Å²) in [5, 5.41) is 11.8. The van der Waals surface area contributed by atoms with E-state index in [9.17, 15) is 5.11 Å². The summed E-state index contributed by atoms with van der Waals surface area (Å²) in [4.78, 5) is 12.0. The van der Waals surface area contributed by atoms with E-state index in [2.05, 4.69) is 53.1 Å². The number of hydrogen-bond acceptors (Lipinski definition) is 5. The van der Waals surface area contributed by atoms with Crippen molar-refractivity contribution < 1.29 is 5.11 Å². The molecule has 1 aromatic carbocycles. The van der Waals surface area contributed by atoms with Crippen LogP contribution in [-0.2, 0) is 6.61 Å². The molecule has 3 heterocycles. The number of likely N-dealkylation sites (N-methyl/N-ethyl adjacent to an activating group) is 1. The van der Waals surface area contributed by atoms with Crippen LogP contribution >= 0.6 is 11.3 Å². The Bertz CT molecular complexity index is 868. The largest absolute Gasteiger partial charge is 0.391 e. The van der Waals surface area contributed by atoms with Gasteiger partial charge in [0.1, 0.15) is 5.82 Å². The lowest BCUT2D eigenvalue weighted by atomic mass is 10.1. The Labute approximate surface area is 152 Å². The molecule has 4 rings (SSSR count). The Balaban J connectivity index is 1.76. The normalized spacial score (nSPS) is 15.8. The van der Waals surface area contributed by atoms with Gasteiger partial charge in [-0.15, -0.1) is 11.3 Å². The summed E-state index contributed by atoms with van der Waals surface area (Å²) >= 11 is 1.61. The van der Waals surface area contributed by atoms with Crippen LogP contribution in [0.1, 0.15) is 11.8 Å². The molecule has 2 aromatic heterocycles. The highest BCUT2D eigenvalue weighted by Crippen LogP contribution is 2.33. The molecule has 1 saturated heterocycles. The number of aliphatic hydroxyl groups is 1. The average Bonchev–Trinajstić information content (AvgIpc) is 3.16. The highest BCUT2D eigenvalue weighted by Gasteiger charge is 2.20. The highest BCUT2D eigenvalue weighted by molar-refractivity contribution is 7.15. The van der Waals surface area contributed by atoms with Crippen LogP contribution in [0.3, 0.4) is 0 Å². The maximum atomic E-state index is 9.35. The monoisotopic (exact) mass is 353 g/mol. The zero-order valence-electron chi connectivity index (χ0n) is 14.5. The lowest BCUT2D eigenvalue weighted by molar-refractivity contribution is 0.271. The molecule has 0 aliphatic carbocycles. The summed E-state index contributed by atoms with van der Waals surface area (Å²) in [7, 11) is 0. The van der Waals surface area contributed by atoms with Crippen molar-refractivity contribution in [3.63, 3.8) is 0 Å². The Kier molecular flexibility index (Phi) is 4.70. The van der Waals surface area contributed by atoms with E-state index < -0.39 is 0 Å². The van der Waals surface area contributed by atoms with E-state index in [0.717, 1.165) is 54.0 Å². The molecule has 3 aromatic rings. The van der Waals surface area contributed by atoms with Gasteiger partial charge in [-0.05, 0) is 30.1 Å². The first-order chi connectivity index (χ1) is 12.3. The predicted molar refractivity (Wildman–Crippen MR) is 105 cm³/mol. The fraction of sp³-hybridized carbons (Fsp3) is 0.350. The number of pyridine rings is 1. The zero-order chi connectivity index (χ0) is 17.2. The number of hydrogen-bond donors (Lipinski definition) is 1. The molecule has 1 aliphatic heterocycles. The number of aromatic nitrogens is 1. The number of aliphatic hydroxyl groups excluding tert-OH is 1. The van der Waals surface area contributed by atoms with Gasteiger partial charge in [0.25, 0.3) is 0 Å². The summed E-state index contributed by atoms with van der Waals surface area (Å²) in [6.45, 7) is 7.63. The predicted octanol–water partition coefficient (Wildman–Crippen LogP) is 3.60. The minimum atomic E-state index is 0.0874. The van der Waals surface area contributed by atoms with E-state index in [0.29, 0.717) is 0 Å². The minimum Gasteiger partial charge on any atom is -0.391 e. The second-order valence-electron chi connectivity index (χ2n) is 6.40. The van der Waals surface area contributed by atoms with Gasteiger partial charge in [-0.25, -0.2) is 4.98 Å². The number of thiophene rings is 1. The van der Waals surface area contributed by atoms with E-state index in [-0.39, 0.29) is 6.61 Å². The topological polar surface area (TPSA) is 39.6 Å². The lowest BCUT2D eigenvalue weighted by Gasteiger charge is -2.35. The molecule has 1 N–H and O–H groups in total.